The molecular formula is C15H22N4O3. The van der Waals surface area contributed by atoms with Gasteiger partial charge in [0.25, 0.3) is 5.91 Å². The molecule has 1 N–H and O–H groups in total. The van der Waals surface area contributed by atoms with E-state index in [2.05, 4.69) is 10.6 Å². The first-order valence-corrected chi connectivity index (χ1v) is 7.38. The van der Waals surface area contributed by atoms with Gasteiger partial charge in [-0.2, -0.15) is 10.6 Å². The lowest BCUT2D eigenvalue weighted by Gasteiger charge is -2.28. The van der Waals surface area contributed by atoms with Crippen LogP contribution < -0.4 is 10.4 Å². The van der Waals surface area contributed by atoms with Gasteiger partial charge >= 0.3 is 5.97 Å². The molecule has 0 aliphatic carbocycles. The van der Waals surface area contributed by atoms with Gasteiger partial charge in [-0.05, 0) is 27.2 Å². The van der Waals surface area contributed by atoms with Gasteiger partial charge < -0.3 is 9.74 Å². The van der Waals surface area contributed by atoms with Gasteiger partial charge in [0.05, 0.1) is 17.8 Å². The van der Waals surface area contributed by atoms with Crippen LogP contribution >= 0.6 is 0 Å². The number of carbonyl (C=O) groups is 2. The SMILES string of the molecule is CCn1cc(N2CCC(C)=C(CC(=O)ONC)C2=O)c(C)n1. The van der Waals surface area contributed by atoms with E-state index in [-0.39, 0.29) is 12.3 Å². The molecule has 0 aromatic carbocycles. The lowest BCUT2D eigenvalue weighted by molar-refractivity contribution is -0.149. The minimum atomic E-state index is -0.465. The fourth-order valence-corrected chi connectivity index (χ4v) is 2.56. The molecule has 0 radical (unpaired) electrons. The molecule has 1 amide bonds. The summed E-state index contributed by atoms with van der Waals surface area (Å²) >= 11 is 0. The zero-order valence-corrected chi connectivity index (χ0v) is 13.5. The van der Waals surface area contributed by atoms with Crippen molar-refractivity contribution in [3.8, 4) is 0 Å². The number of hydrogen-bond acceptors (Lipinski definition) is 5. The normalized spacial score (nSPS) is 15.5. The van der Waals surface area contributed by atoms with E-state index in [9.17, 15) is 9.59 Å². The van der Waals surface area contributed by atoms with Crippen molar-refractivity contribution in [3.63, 3.8) is 0 Å². The van der Waals surface area contributed by atoms with Crippen molar-refractivity contribution in [2.45, 2.75) is 40.2 Å². The lowest BCUT2D eigenvalue weighted by Crippen LogP contribution is -2.38. The molecule has 0 spiro atoms. The zero-order chi connectivity index (χ0) is 16.3. The molecule has 1 aliphatic heterocycles. The predicted molar refractivity (Wildman–Crippen MR) is 82.1 cm³/mol. The largest absolute Gasteiger partial charge is 0.371 e. The van der Waals surface area contributed by atoms with Crippen LogP contribution in [0.5, 0.6) is 0 Å². The van der Waals surface area contributed by atoms with Crippen molar-refractivity contribution in [1.29, 1.82) is 0 Å². The number of hydroxylamine groups is 1. The maximum atomic E-state index is 12.7. The summed E-state index contributed by atoms with van der Waals surface area (Å²) in [7, 11) is 1.51. The fraction of sp³-hybridized carbons (Fsp3) is 0.533. The number of nitrogens with one attached hydrogen (secondary N) is 1. The Morgan fingerprint density at radius 2 is 2.18 bits per heavy atom. The molecule has 1 aromatic heterocycles. The van der Waals surface area contributed by atoms with Crippen LogP contribution in [0.4, 0.5) is 5.69 Å². The number of carbonyl (C=O) groups excluding carboxylic acids is 2. The first kappa shape index (κ1) is 16.2. The van der Waals surface area contributed by atoms with Crippen molar-refractivity contribution in [1.82, 2.24) is 15.3 Å². The highest BCUT2D eigenvalue weighted by Crippen LogP contribution is 2.28. The first-order valence-electron chi connectivity index (χ1n) is 7.38. The van der Waals surface area contributed by atoms with Crippen molar-refractivity contribution >= 4 is 17.6 Å². The van der Waals surface area contributed by atoms with Crippen molar-refractivity contribution in [2.24, 2.45) is 0 Å². The maximum Gasteiger partial charge on any atom is 0.329 e. The van der Waals surface area contributed by atoms with Crippen LogP contribution in [-0.4, -0.2) is 35.2 Å². The molecule has 2 rings (SSSR count). The quantitative estimate of drug-likeness (QED) is 0.831. The second-order valence-electron chi connectivity index (χ2n) is 5.28. The molecule has 0 saturated heterocycles. The summed E-state index contributed by atoms with van der Waals surface area (Å²) in [5.41, 5.74) is 5.40. The molecule has 22 heavy (non-hydrogen) atoms. The van der Waals surface area contributed by atoms with Gasteiger partial charge in [0.15, 0.2) is 0 Å². The molecular weight excluding hydrogens is 284 g/mol. The summed E-state index contributed by atoms with van der Waals surface area (Å²) in [6.45, 7) is 7.12. The van der Waals surface area contributed by atoms with E-state index >= 15 is 0 Å². The smallest absolute Gasteiger partial charge is 0.329 e. The fourth-order valence-electron chi connectivity index (χ4n) is 2.56. The van der Waals surface area contributed by atoms with E-state index < -0.39 is 5.97 Å². The molecule has 1 aliphatic rings. The number of aryl methyl sites for hydroxylation is 2. The average Bonchev–Trinajstić information content (AvgIpc) is 2.85. The third-order valence-electron chi connectivity index (χ3n) is 3.80. The zero-order valence-electron chi connectivity index (χ0n) is 13.5. The molecule has 0 atom stereocenters. The van der Waals surface area contributed by atoms with Gasteiger partial charge in [-0.3, -0.25) is 14.3 Å². The molecule has 7 nitrogen and oxygen atoms in total. The van der Waals surface area contributed by atoms with E-state index in [0.717, 1.165) is 29.9 Å². The monoisotopic (exact) mass is 306 g/mol. The van der Waals surface area contributed by atoms with Crippen molar-refractivity contribution < 1.29 is 14.4 Å². The summed E-state index contributed by atoms with van der Waals surface area (Å²) in [5.74, 6) is -0.608. The summed E-state index contributed by atoms with van der Waals surface area (Å²) in [5, 5.41) is 4.38. The van der Waals surface area contributed by atoms with E-state index in [0.29, 0.717) is 12.1 Å². The maximum absolute atomic E-state index is 12.7. The van der Waals surface area contributed by atoms with Crippen molar-refractivity contribution in [3.05, 3.63) is 23.0 Å². The molecule has 7 heteroatoms. The number of hydrogen-bond donors (Lipinski definition) is 1. The highest BCUT2D eigenvalue weighted by molar-refractivity contribution is 6.09. The van der Waals surface area contributed by atoms with Crippen LogP contribution in [0.1, 0.15) is 32.4 Å². The Bertz CT molecular complexity index is 618. The van der Waals surface area contributed by atoms with Gasteiger partial charge in [-0.1, -0.05) is 5.57 Å². The third-order valence-corrected chi connectivity index (χ3v) is 3.80. The Labute approximate surface area is 129 Å². The predicted octanol–water partition coefficient (Wildman–Crippen LogP) is 1.33. The van der Waals surface area contributed by atoms with Gasteiger partial charge in [0.2, 0.25) is 0 Å². The summed E-state index contributed by atoms with van der Waals surface area (Å²) in [6, 6.07) is 0. The minimum absolute atomic E-state index is 0.0248. The second kappa shape index (κ2) is 6.74. The average molecular weight is 306 g/mol. The minimum Gasteiger partial charge on any atom is -0.371 e. The van der Waals surface area contributed by atoms with E-state index in [1.165, 1.54) is 7.05 Å². The van der Waals surface area contributed by atoms with Crippen molar-refractivity contribution in [2.75, 3.05) is 18.5 Å². The van der Waals surface area contributed by atoms with E-state index in [4.69, 9.17) is 4.84 Å². The van der Waals surface area contributed by atoms with E-state index in [1.54, 1.807) is 9.58 Å². The van der Waals surface area contributed by atoms with Gasteiger partial charge in [0.1, 0.15) is 0 Å². The Morgan fingerprint density at radius 1 is 1.45 bits per heavy atom. The van der Waals surface area contributed by atoms with Crippen LogP contribution in [0.2, 0.25) is 0 Å². The van der Waals surface area contributed by atoms with Gasteiger partial charge in [-0.25, -0.2) is 0 Å². The molecule has 1 aromatic rings. The molecule has 0 saturated carbocycles. The number of rotatable bonds is 5. The highest BCUT2D eigenvalue weighted by Gasteiger charge is 2.30. The number of aromatic nitrogens is 2. The molecule has 0 unspecified atom stereocenters. The molecule has 0 bridgehead atoms. The van der Waals surface area contributed by atoms with Crippen LogP contribution in [0, 0.1) is 6.92 Å². The Balaban J connectivity index is 2.25. The first-order chi connectivity index (χ1) is 10.5. The van der Waals surface area contributed by atoms with Crippen LogP contribution in [0.15, 0.2) is 17.3 Å². The van der Waals surface area contributed by atoms with Gasteiger partial charge in [-0.15, -0.1) is 0 Å². The molecule has 0 fully saturated rings. The van der Waals surface area contributed by atoms with Crippen LogP contribution in [0.3, 0.4) is 0 Å². The standard InChI is InChI=1S/C15H22N4O3/c1-5-18-9-13(11(3)17-18)19-7-6-10(2)12(15(19)21)8-14(20)22-16-4/h9,16H,5-8H2,1-4H3. The van der Waals surface area contributed by atoms with Gasteiger partial charge in [0, 0.05) is 31.9 Å². The second-order valence-corrected chi connectivity index (χ2v) is 5.28. The summed E-state index contributed by atoms with van der Waals surface area (Å²) in [4.78, 5) is 30.8. The molecule has 2 heterocycles. The topological polar surface area (TPSA) is 76.5 Å². The van der Waals surface area contributed by atoms with Crippen LogP contribution in [0.25, 0.3) is 0 Å². The summed E-state index contributed by atoms with van der Waals surface area (Å²) < 4.78 is 1.80. The Morgan fingerprint density at radius 3 is 2.77 bits per heavy atom. The lowest BCUT2D eigenvalue weighted by atomic mass is 9.97. The number of amides is 1. The Kier molecular flexibility index (Phi) is 4.97. The number of anilines is 1. The van der Waals surface area contributed by atoms with Crippen LogP contribution in [-0.2, 0) is 21.0 Å². The highest BCUT2D eigenvalue weighted by atomic mass is 16.7. The molecule has 120 valence electrons. The van der Waals surface area contributed by atoms with E-state index in [1.807, 2.05) is 27.0 Å². The summed E-state index contributed by atoms with van der Waals surface area (Å²) in [6.07, 6.45) is 2.59. The Hall–Kier alpha value is -2.15. The third kappa shape index (κ3) is 3.19. The number of nitrogens with zero attached hydrogens (tertiary/aromatic N) is 3.